The Balaban J connectivity index is 1.30. The van der Waals surface area contributed by atoms with E-state index in [2.05, 4.69) is 15.6 Å². The molecule has 2 aromatic heterocycles. The topological polar surface area (TPSA) is 95.8 Å². The van der Waals surface area contributed by atoms with Crippen LogP contribution in [0.1, 0.15) is 12.8 Å². The lowest BCUT2D eigenvalue weighted by molar-refractivity contribution is -0.125. The minimum absolute atomic E-state index is 0.0338. The number of carbonyl (C=O) groups is 3. The summed E-state index contributed by atoms with van der Waals surface area (Å²) in [6.07, 6.45) is 4.59. The molecule has 2 N–H and O–H groups in total. The number of hydrogen-bond acceptors (Lipinski definition) is 5. The highest BCUT2D eigenvalue weighted by atomic mass is 32.1. The number of amides is 4. The SMILES string of the molecule is O=C(CCCN1C(=O)CNC1=O)Nc1ccc(-c2cn3ccsc3n2)cc1. The van der Waals surface area contributed by atoms with Crippen LogP contribution in [-0.4, -0.2) is 45.2 Å². The van der Waals surface area contributed by atoms with E-state index >= 15 is 0 Å². The summed E-state index contributed by atoms with van der Waals surface area (Å²) in [4.78, 5) is 41.6. The average molecular weight is 383 g/mol. The van der Waals surface area contributed by atoms with Crippen LogP contribution in [-0.2, 0) is 9.59 Å². The highest BCUT2D eigenvalue weighted by Crippen LogP contribution is 2.23. The molecule has 0 atom stereocenters. The van der Waals surface area contributed by atoms with Gasteiger partial charge in [0, 0.05) is 42.0 Å². The van der Waals surface area contributed by atoms with Crippen LogP contribution >= 0.6 is 11.3 Å². The Bertz CT molecular complexity index is 963. The number of urea groups is 1. The van der Waals surface area contributed by atoms with Gasteiger partial charge >= 0.3 is 6.03 Å². The molecule has 4 rings (SSSR count). The van der Waals surface area contributed by atoms with Crippen LogP contribution in [0, 0.1) is 0 Å². The normalized spacial score (nSPS) is 14.0. The van der Waals surface area contributed by atoms with Crippen molar-refractivity contribution in [2.24, 2.45) is 0 Å². The molecule has 3 aromatic rings. The van der Waals surface area contributed by atoms with Crippen molar-refractivity contribution >= 4 is 39.8 Å². The van der Waals surface area contributed by atoms with E-state index in [1.54, 1.807) is 11.3 Å². The Labute approximate surface area is 158 Å². The largest absolute Gasteiger partial charge is 0.329 e. The highest BCUT2D eigenvalue weighted by Gasteiger charge is 2.27. The van der Waals surface area contributed by atoms with Crippen LogP contribution in [0.5, 0.6) is 0 Å². The fourth-order valence-corrected chi connectivity index (χ4v) is 3.59. The van der Waals surface area contributed by atoms with Crippen molar-refractivity contribution in [3.63, 3.8) is 0 Å². The van der Waals surface area contributed by atoms with Crippen LogP contribution in [0.4, 0.5) is 10.5 Å². The van der Waals surface area contributed by atoms with E-state index in [9.17, 15) is 14.4 Å². The molecule has 1 fully saturated rings. The van der Waals surface area contributed by atoms with Gasteiger partial charge in [-0.15, -0.1) is 11.3 Å². The number of imidazole rings is 1. The first-order valence-corrected chi connectivity index (χ1v) is 9.39. The van der Waals surface area contributed by atoms with Crippen molar-refractivity contribution in [1.82, 2.24) is 19.6 Å². The highest BCUT2D eigenvalue weighted by molar-refractivity contribution is 7.15. The standard InChI is InChI=1S/C18H17N5O3S/c24-15(2-1-7-23-16(25)10-19-17(23)26)20-13-5-3-12(4-6-13)14-11-22-8-9-27-18(22)21-14/h3-6,8-9,11H,1-2,7,10H2,(H,19,26)(H,20,24). The summed E-state index contributed by atoms with van der Waals surface area (Å²) < 4.78 is 1.97. The predicted molar refractivity (Wildman–Crippen MR) is 101 cm³/mol. The number of aromatic nitrogens is 2. The summed E-state index contributed by atoms with van der Waals surface area (Å²) in [5, 5.41) is 7.26. The molecule has 0 spiro atoms. The van der Waals surface area contributed by atoms with Crippen molar-refractivity contribution < 1.29 is 14.4 Å². The zero-order valence-corrected chi connectivity index (χ0v) is 15.2. The van der Waals surface area contributed by atoms with E-state index in [0.29, 0.717) is 12.1 Å². The van der Waals surface area contributed by atoms with E-state index in [1.165, 1.54) is 0 Å². The third-order valence-electron chi connectivity index (χ3n) is 4.28. The number of carbonyl (C=O) groups excluding carboxylic acids is 3. The molecule has 0 bridgehead atoms. The Kier molecular flexibility index (Phi) is 4.59. The van der Waals surface area contributed by atoms with Gasteiger partial charge < -0.3 is 10.6 Å². The van der Waals surface area contributed by atoms with Crippen LogP contribution in [0.3, 0.4) is 0 Å². The molecule has 9 heteroatoms. The van der Waals surface area contributed by atoms with Gasteiger partial charge in [0.1, 0.15) is 0 Å². The van der Waals surface area contributed by atoms with Gasteiger partial charge in [-0.3, -0.25) is 18.9 Å². The lowest BCUT2D eigenvalue weighted by Gasteiger charge is -2.11. The fraction of sp³-hybridized carbons (Fsp3) is 0.222. The second-order valence-corrected chi connectivity index (χ2v) is 7.03. The van der Waals surface area contributed by atoms with Crippen molar-refractivity contribution in [2.45, 2.75) is 12.8 Å². The Morgan fingerprint density at radius 3 is 2.78 bits per heavy atom. The van der Waals surface area contributed by atoms with Crippen LogP contribution in [0.15, 0.2) is 42.0 Å². The monoisotopic (exact) mass is 383 g/mol. The van der Waals surface area contributed by atoms with Gasteiger partial charge in [0.15, 0.2) is 4.96 Å². The number of imide groups is 1. The average Bonchev–Trinajstić information content (AvgIpc) is 3.33. The quantitative estimate of drug-likeness (QED) is 0.639. The smallest absolute Gasteiger partial charge is 0.324 e. The summed E-state index contributed by atoms with van der Waals surface area (Å²) in [7, 11) is 0. The summed E-state index contributed by atoms with van der Waals surface area (Å²) in [6.45, 7) is 0.278. The maximum atomic E-state index is 12.1. The van der Waals surface area contributed by atoms with Crippen molar-refractivity contribution in [1.29, 1.82) is 0 Å². The lowest BCUT2D eigenvalue weighted by Crippen LogP contribution is -2.32. The Hall–Kier alpha value is -3.20. The number of nitrogens with zero attached hydrogens (tertiary/aromatic N) is 3. The molecule has 3 heterocycles. The molecule has 1 aliphatic rings. The van der Waals surface area contributed by atoms with Crippen molar-refractivity contribution in [3.05, 3.63) is 42.0 Å². The minimum atomic E-state index is -0.393. The van der Waals surface area contributed by atoms with E-state index in [4.69, 9.17) is 0 Å². The van der Waals surface area contributed by atoms with Gasteiger partial charge in [-0.1, -0.05) is 12.1 Å². The molecule has 1 aromatic carbocycles. The van der Waals surface area contributed by atoms with Crippen LogP contribution < -0.4 is 10.6 Å². The molecule has 8 nitrogen and oxygen atoms in total. The Morgan fingerprint density at radius 1 is 1.26 bits per heavy atom. The fourth-order valence-electron chi connectivity index (χ4n) is 2.89. The summed E-state index contributed by atoms with van der Waals surface area (Å²) >= 11 is 1.58. The molecule has 0 unspecified atom stereocenters. The predicted octanol–water partition coefficient (Wildman–Crippen LogP) is 2.33. The first-order valence-electron chi connectivity index (χ1n) is 8.51. The molecule has 1 aliphatic heterocycles. The first-order chi connectivity index (χ1) is 13.1. The Morgan fingerprint density at radius 2 is 2.07 bits per heavy atom. The zero-order valence-electron chi connectivity index (χ0n) is 14.3. The van der Waals surface area contributed by atoms with E-state index in [-0.39, 0.29) is 31.3 Å². The van der Waals surface area contributed by atoms with Crippen LogP contribution in [0.2, 0.25) is 0 Å². The molecule has 0 radical (unpaired) electrons. The number of thiazole rings is 1. The van der Waals surface area contributed by atoms with Gasteiger partial charge in [0.2, 0.25) is 11.8 Å². The van der Waals surface area contributed by atoms with E-state index in [1.807, 2.05) is 46.4 Å². The number of nitrogens with one attached hydrogen (secondary N) is 2. The number of hydrogen-bond donors (Lipinski definition) is 2. The van der Waals surface area contributed by atoms with Gasteiger partial charge in [-0.05, 0) is 18.6 Å². The van der Waals surface area contributed by atoms with Crippen LogP contribution in [0.25, 0.3) is 16.2 Å². The first kappa shape index (κ1) is 17.2. The molecule has 138 valence electrons. The van der Waals surface area contributed by atoms with E-state index in [0.717, 1.165) is 21.1 Å². The zero-order chi connectivity index (χ0) is 18.8. The third-order valence-corrected chi connectivity index (χ3v) is 5.05. The van der Waals surface area contributed by atoms with Gasteiger partial charge in [-0.25, -0.2) is 9.78 Å². The van der Waals surface area contributed by atoms with Crippen molar-refractivity contribution in [2.75, 3.05) is 18.4 Å². The minimum Gasteiger partial charge on any atom is -0.329 e. The molecule has 27 heavy (non-hydrogen) atoms. The maximum Gasteiger partial charge on any atom is 0.324 e. The van der Waals surface area contributed by atoms with E-state index < -0.39 is 6.03 Å². The second-order valence-electron chi connectivity index (χ2n) is 6.15. The third kappa shape index (κ3) is 3.68. The van der Waals surface area contributed by atoms with Gasteiger partial charge in [-0.2, -0.15) is 0 Å². The number of anilines is 1. The maximum absolute atomic E-state index is 12.1. The molecule has 0 aliphatic carbocycles. The van der Waals surface area contributed by atoms with Gasteiger partial charge in [0.25, 0.3) is 0 Å². The van der Waals surface area contributed by atoms with Gasteiger partial charge in [0.05, 0.1) is 12.2 Å². The number of rotatable bonds is 6. The second kappa shape index (κ2) is 7.20. The summed E-state index contributed by atoms with van der Waals surface area (Å²) in [5.41, 5.74) is 2.55. The molecular weight excluding hydrogens is 366 g/mol. The number of benzene rings is 1. The molecule has 0 saturated carbocycles. The van der Waals surface area contributed by atoms with Crippen molar-refractivity contribution in [3.8, 4) is 11.3 Å². The molecular formula is C18H17N5O3S. The summed E-state index contributed by atoms with van der Waals surface area (Å²) in [5.74, 6) is -0.410. The molecule has 1 saturated heterocycles. The molecule has 4 amide bonds. The summed E-state index contributed by atoms with van der Waals surface area (Å²) in [6, 6.07) is 7.09. The lowest BCUT2D eigenvalue weighted by atomic mass is 10.1. The number of fused-ring (bicyclic) bond motifs is 1.